The summed E-state index contributed by atoms with van der Waals surface area (Å²) in [5, 5.41) is 2.94. The standard InChI is InChI=1S/C15H15ClF2N2/c1-3-20-15(11-8-19-5-4-9(11)2)10-6-14(18)12(16)7-13(10)17/h4-8,15,20H,3H2,1-2H3. The summed E-state index contributed by atoms with van der Waals surface area (Å²) in [6.07, 6.45) is 3.33. The smallest absolute Gasteiger partial charge is 0.142 e. The molecule has 1 unspecified atom stereocenters. The number of aromatic nitrogens is 1. The Morgan fingerprint density at radius 1 is 1.25 bits per heavy atom. The van der Waals surface area contributed by atoms with Crippen LogP contribution in [0, 0.1) is 18.6 Å². The largest absolute Gasteiger partial charge is 0.306 e. The van der Waals surface area contributed by atoms with Crippen molar-refractivity contribution in [2.24, 2.45) is 0 Å². The Morgan fingerprint density at radius 2 is 2.00 bits per heavy atom. The Bertz CT molecular complexity index is 617. The highest BCUT2D eigenvalue weighted by atomic mass is 35.5. The van der Waals surface area contributed by atoms with Crippen molar-refractivity contribution in [1.29, 1.82) is 0 Å². The van der Waals surface area contributed by atoms with Gasteiger partial charge >= 0.3 is 0 Å². The van der Waals surface area contributed by atoms with E-state index in [0.29, 0.717) is 6.54 Å². The third kappa shape index (κ3) is 2.97. The molecule has 0 spiro atoms. The third-order valence-electron chi connectivity index (χ3n) is 3.15. The molecule has 1 heterocycles. The maximum Gasteiger partial charge on any atom is 0.142 e. The number of halogens is 3. The molecule has 0 amide bonds. The van der Waals surface area contributed by atoms with Crippen LogP contribution in [-0.2, 0) is 0 Å². The van der Waals surface area contributed by atoms with Gasteiger partial charge in [0.15, 0.2) is 0 Å². The first kappa shape index (κ1) is 14.9. The highest BCUT2D eigenvalue weighted by Gasteiger charge is 2.21. The summed E-state index contributed by atoms with van der Waals surface area (Å²) >= 11 is 5.60. The van der Waals surface area contributed by atoms with Gasteiger partial charge in [-0.15, -0.1) is 0 Å². The van der Waals surface area contributed by atoms with Gasteiger partial charge in [0.25, 0.3) is 0 Å². The monoisotopic (exact) mass is 296 g/mol. The molecule has 0 saturated heterocycles. The molecule has 2 nitrogen and oxygen atoms in total. The number of nitrogens with zero attached hydrogens (tertiary/aromatic N) is 1. The highest BCUT2D eigenvalue weighted by molar-refractivity contribution is 6.30. The van der Waals surface area contributed by atoms with Crippen LogP contribution < -0.4 is 5.32 Å². The molecule has 20 heavy (non-hydrogen) atoms. The molecule has 0 aliphatic rings. The van der Waals surface area contributed by atoms with Crippen molar-refractivity contribution in [3.05, 3.63) is 63.9 Å². The average molecular weight is 297 g/mol. The SMILES string of the molecule is CCNC(c1cnccc1C)c1cc(F)c(Cl)cc1F. The molecule has 0 aliphatic carbocycles. The molecule has 2 aromatic rings. The van der Waals surface area contributed by atoms with E-state index >= 15 is 0 Å². The topological polar surface area (TPSA) is 24.9 Å². The van der Waals surface area contributed by atoms with Crippen LogP contribution in [0.25, 0.3) is 0 Å². The van der Waals surface area contributed by atoms with E-state index in [-0.39, 0.29) is 10.6 Å². The average Bonchev–Trinajstić information content (AvgIpc) is 2.42. The molecular weight excluding hydrogens is 282 g/mol. The summed E-state index contributed by atoms with van der Waals surface area (Å²) in [7, 11) is 0. The predicted molar refractivity (Wildman–Crippen MR) is 75.9 cm³/mol. The second-order valence-electron chi connectivity index (χ2n) is 4.51. The zero-order valence-corrected chi connectivity index (χ0v) is 12.0. The number of aryl methyl sites for hydroxylation is 1. The van der Waals surface area contributed by atoms with Gasteiger partial charge in [0.05, 0.1) is 11.1 Å². The summed E-state index contributed by atoms with van der Waals surface area (Å²) in [4.78, 5) is 4.06. The molecule has 1 atom stereocenters. The van der Waals surface area contributed by atoms with E-state index in [1.807, 2.05) is 19.9 Å². The molecule has 1 aromatic carbocycles. The fraction of sp³-hybridized carbons (Fsp3) is 0.267. The van der Waals surface area contributed by atoms with Crippen LogP contribution in [0.2, 0.25) is 5.02 Å². The van der Waals surface area contributed by atoms with Crippen molar-refractivity contribution in [2.45, 2.75) is 19.9 Å². The lowest BCUT2D eigenvalue weighted by atomic mass is 9.96. The quantitative estimate of drug-likeness (QED) is 0.862. The van der Waals surface area contributed by atoms with E-state index in [9.17, 15) is 8.78 Å². The van der Waals surface area contributed by atoms with Crippen molar-refractivity contribution in [2.75, 3.05) is 6.54 Å². The van der Waals surface area contributed by atoms with Crippen molar-refractivity contribution in [3.8, 4) is 0 Å². The van der Waals surface area contributed by atoms with E-state index in [1.165, 1.54) is 0 Å². The molecule has 2 rings (SSSR count). The maximum absolute atomic E-state index is 14.1. The van der Waals surface area contributed by atoms with Gasteiger partial charge in [0.2, 0.25) is 0 Å². The Labute approximate surface area is 121 Å². The van der Waals surface area contributed by atoms with Crippen LogP contribution in [0.15, 0.2) is 30.6 Å². The number of hydrogen-bond donors (Lipinski definition) is 1. The van der Waals surface area contributed by atoms with Gasteiger partial charge in [-0.25, -0.2) is 8.78 Å². The lowest BCUT2D eigenvalue weighted by Gasteiger charge is -2.21. The first-order valence-electron chi connectivity index (χ1n) is 6.33. The molecule has 5 heteroatoms. The van der Waals surface area contributed by atoms with Gasteiger partial charge < -0.3 is 5.32 Å². The fourth-order valence-electron chi connectivity index (χ4n) is 2.13. The van der Waals surface area contributed by atoms with E-state index < -0.39 is 17.7 Å². The second-order valence-corrected chi connectivity index (χ2v) is 4.92. The first-order chi connectivity index (χ1) is 9.54. The van der Waals surface area contributed by atoms with Crippen LogP contribution in [0.1, 0.15) is 29.7 Å². The number of nitrogens with one attached hydrogen (secondary N) is 1. The van der Waals surface area contributed by atoms with Gasteiger partial charge in [0, 0.05) is 18.0 Å². The van der Waals surface area contributed by atoms with Crippen LogP contribution in [0.4, 0.5) is 8.78 Å². The number of pyridine rings is 1. The predicted octanol–water partition coefficient (Wildman–Crippen LogP) is 4.02. The molecule has 106 valence electrons. The van der Waals surface area contributed by atoms with Gasteiger partial charge in [-0.3, -0.25) is 4.98 Å². The van der Waals surface area contributed by atoms with E-state index in [2.05, 4.69) is 10.3 Å². The highest BCUT2D eigenvalue weighted by Crippen LogP contribution is 2.29. The summed E-state index contributed by atoms with van der Waals surface area (Å²) in [6, 6.07) is 3.52. The van der Waals surface area contributed by atoms with Crippen LogP contribution in [0.3, 0.4) is 0 Å². The lowest BCUT2D eigenvalue weighted by Crippen LogP contribution is -2.24. The van der Waals surface area contributed by atoms with Gasteiger partial charge in [0.1, 0.15) is 11.6 Å². The summed E-state index contributed by atoms with van der Waals surface area (Å²) in [6.45, 7) is 4.43. The molecular formula is C15H15ClF2N2. The van der Waals surface area contributed by atoms with Crippen LogP contribution >= 0.6 is 11.6 Å². The minimum Gasteiger partial charge on any atom is -0.306 e. The Balaban J connectivity index is 2.54. The van der Waals surface area contributed by atoms with Gasteiger partial charge in [-0.2, -0.15) is 0 Å². The maximum atomic E-state index is 14.1. The number of benzene rings is 1. The molecule has 0 radical (unpaired) electrons. The molecule has 0 fully saturated rings. The minimum absolute atomic E-state index is 0.218. The number of hydrogen-bond acceptors (Lipinski definition) is 2. The summed E-state index contributed by atoms with van der Waals surface area (Å²) < 4.78 is 27.7. The normalized spacial score (nSPS) is 12.4. The fourth-order valence-corrected chi connectivity index (χ4v) is 2.28. The molecule has 0 bridgehead atoms. The van der Waals surface area contributed by atoms with Crippen molar-refractivity contribution in [1.82, 2.24) is 10.3 Å². The van der Waals surface area contributed by atoms with E-state index in [4.69, 9.17) is 11.6 Å². The van der Waals surface area contributed by atoms with E-state index in [0.717, 1.165) is 23.3 Å². The Hall–Kier alpha value is -1.52. The Morgan fingerprint density at radius 3 is 2.65 bits per heavy atom. The van der Waals surface area contributed by atoms with Crippen LogP contribution in [-0.4, -0.2) is 11.5 Å². The second kappa shape index (κ2) is 6.29. The molecule has 0 saturated carbocycles. The van der Waals surface area contributed by atoms with Gasteiger partial charge in [-0.1, -0.05) is 18.5 Å². The molecule has 0 aliphatic heterocycles. The minimum atomic E-state index is -0.632. The zero-order chi connectivity index (χ0) is 14.7. The lowest BCUT2D eigenvalue weighted by molar-refractivity contribution is 0.543. The van der Waals surface area contributed by atoms with Gasteiger partial charge in [-0.05, 0) is 42.8 Å². The third-order valence-corrected chi connectivity index (χ3v) is 3.44. The van der Waals surface area contributed by atoms with Crippen molar-refractivity contribution in [3.63, 3.8) is 0 Å². The number of rotatable bonds is 4. The van der Waals surface area contributed by atoms with Crippen molar-refractivity contribution >= 4 is 11.6 Å². The van der Waals surface area contributed by atoms with Crippen molar-refractivity contribution < 1.29 is 8.78 Å². The molecule has 1 N–H and O–H groups in total. The summed E-state index contributed by atoms with van der Waals surface area (Å²) in [5.74, 6) is -1.17. The summed E-state index contributed by atoms with van der Waals surface area (Å²) in [5.41, 5.74) is 2.00. The van der Waals surface area contributed by atoms with Crippen LogP contribution in [0.5, 0.6) is 0 Å². The first-order valence-corrected chi connectivity index (χ1v) is 6.70. The Kier molecular flexibility index (Phi) is 4.68. The zero-order valence-electron chi connectivity index (χ0n) is 11.3. The molecule has 1 aromatic heterocycles. The van der Waals surface area contributed by atoms with E-state index in [1.54, 1.807) is 12.4 Å².